The molecule has 0 aliphatic heterocycles. The first-order valence-corrected chi connectivity index (χ1v) is 4.45. The molecule has 0 radical (unpaired) electrons. The molecule has 2 N–H and O–H groups in total. The van der Waals surface area contributed by atoms with Crippen molar-refractivity contribution in [3.8, 4) is 0 Å². The summed E-state index contributed by atoms with van der Waals surface area (Å²) in [5, 5.41) is 9.03. The molecule has 0 bridgehead atoms. The van der Waals surface area contributed by atoms with Crippen molar-refractivity contribution in [1.82, 2.24) is 10.7 Å². The lowest BCUT2D eigenvalue weighted by atomic mass is 10.6. The molecule has 0 rings (SSSR count). The Bertz CT molecular complexity index is 196. The highest BCUT2D eigenvalue weighted by Crippen LogP contribution is 2.13. The molecule has 0 saturated carbocycles. The fraction of sp³-hybridized carbons (Fsp3) is 0.375. The first kappa shape index (κ1) is 11.1. The smallest absolute Gasteiger partial charge is 0.0961 e. The van der Waals surface area contributed by atoms with Gasteiger partial charge in [-0.25, -0.2) is 0 Å². The number of hydrazone groups is 1. The second-order valence-corrected chi connectivity index (χ2v) is 3.21. The van der Waals surface area contributed by atoms with Gasteiger partial charge in [-0.15, -0.1) is 0 Å². The van der Waals surface area contributed by atoms with E-state index < -0.39 is 0 Å². The predicted molar refractivity (Wildman–Crippen MR) is 57.1 cm³/mol. The summed E-state index contributed by atoms with van der Waals surface area (Å²) in [4.78, 5) is 0. The zero-order chi connectivity index (χ0) is 9.40. The molecule has 0 aromatic rings. The second kappa shape index (κ2) is 6.79. The monoisotopic (exact) mass is 185 g/mol. The SMILES string of the molecule is C=C/C=C(\NC)S/C(C)=N\NC. The van der Waals surface area contributed by atoms with Crippen molar-refractivity contribution in [3.63, 3.8) is 0 Å². The highest BCUT2D eigenvalue weighted by Gasteiger charge is 1.96. The van der Waals surface area contributed by atoms with Crippen LogP contribution >= 0.6 is 11.8 Å². The third-order valence-electron chi connectivity index (χ3n) is 1.04. The van der Waals surface area contributed by atoms with Crippen molar-refractivity contribution in [2.75, 3.05) is 14.1 Å². The number of thioether (sulfide) groups is 1. The van der Waals surface area contributed by atoms with Gasteiger partial charge in [0.05, 0.1) is 10.1 Å². The molecule has 0 saturated heterocycles. The minimum absolute atomic E-state index is 0.958. The summed E-state index contributed by atoms with van der Waals surface area (Å²) in [7, 11) is 3.65. The van der Waals surface area contributed by atoms with E-state index in [2.05, 4.69) is 22.4 Å². The molecular formula is C8H15N3S. The molecule has 12 heavy (non-hydrogen) atoms. The standard InChI is InChI=1S/C8H15N3S/c1-5-6-8(9-3)12-7(2)11-10-4/h5-6,9-10H,1H2,2-4H3/b8-6+,11-7-. The summed E-state index contributed by atoms with van der Waals surface area (Å²) in [5.41, 5.74) is 2.73. The topological polar surface area (TPSA) is 36.4 Å². The molecule has 0 unspecified atom stereocenters. The van der Waals surface area contributed by atoms with Crippen LogP contribution in [0.2, 0.25) is 0 Å². The van der Waals surface area contributed by atoms with E-state index in [1.807, 2.05) is 20.0 Å². The molecule has 0 atom stereocenters. The summed E-state index contributed by atoms with van der Waals surface area (Å²) in [6.45, 7) is 5.56. The van der Waals surface area contributed by atoms with E-state index in [-0.39, 0.29) is 0 Å². The molecule has 4 heteroatoms. The molecule has 0 spiro atoms. The zero-order valence-corrected chi connectivity index (χ0v) is 8.53. The predicted octanol–water partition coefficient (Wildman–Crippen LogP) is 1.52. The van der Waals surface area contributed by atoms with Crippen LogP contribution in [0.25, 0.3) is 0 Å². The minimum Gasteiger partial charge on any atom is -0.383 e. The van der Waals surface area contributed by atoms with Gasteiger partial charge in [0.15, 0.2) is 0 Å². The third-order valence-corrected chi connectivity index (χ3v) is 1.99. The number of nitrogens with zero attached hydrogens (tertiary/aromatic N) is 1. The minimum atomic E-state index is 0.958. The molecule has 68 valence electrons. The molecule has 3 nitrogen and oxygen atoms in total. The zero-order valence-electron chi connectivity index (χ0n) is 7.72. The van der Waals surface area contributed by atoms with Crippen LogP contribution in [0.4, 0.5) is 0 Å². The van der Waals surface area contributed by atoms with E-state index in [1.165, 1.54) is 0 Å². The van der Waals surface area contributed by atoms with E-state index >= 15 is 0 Å². The lowest BCUT2D eigenvalue weighted by Gasteiger charge is -2.03. The van der Waals surface area contributed by atoms with Gasteiger partial charge in [0, 0.05) is 14.1 Å². The van der Waals surface area contributed by atoms with Gasteiger partial charge in [0.25, 0.3) is 0 Å². The normalized spacial score (nSPS) is 12.6. The van der Waals surface area contributed by atoms with Gasteiger partial charge in [-0.2, -0.15) is 5.10 Å². The Hall–Kier alpha value is -0.900. The quantitative estimate of drug-likeness (QED) is 0.302. The summed E-state index contributed by atoms with van der Waals surface area (Å²) < 4.78 is 0. The molecule has 0 amide bonds. The highest BCUT2D eigenvalue weighted by molar-refractivity contribution is 8.17. The Balaban J connectivity index is 4.11. The Labute approximate surface area is 78.0 Å². The van der Waals surface area contributed by atoms with Crippen molar-refractivity contribution >= 4 is 16.8 Å². The van der Waals surface area contributed by atoms with Crippen molar-refractivity contribution in [3.05, 3.63) is 23.8 Å². The largest absolute Gasteiger partial charge is 0.383 e. The van der Waals surface area contributed by atoms with Crippen LogP contribution in [0.5, 0.6) is 0 Å². The molecular weight excluding hydrogens is 170 g/mol. The maximum absolute atomic E-state index is 4.01. The van der Waals surface area contributed by atoms with Crippen LogP contribution in [-0.4, -0.2) is 19.1 Å². The van der Waals surface area contributed by atoms with Crippen LogP contribution in [-0.2, 0) is 0 Å². The Morgan fingerprint density at radius 1 is 1.50 bits per heavy atom. The van der Waals surface area contributed by atoms with Crippen LogP contribution in [0.15, 0.2) is 28.9 Å². The molecule has 0 aliphatic rings. The molecule has 0 aliphatic carbocycles. The van der Waals surface area contributed by atoms with Crippen LogP contribution in [0.3, 0.4) is 0 Å². The number of rotatable bonds is 4. The lowest BCUT2D eigenvalue weighted by Crippen LogP contribution is -2.05. The highest BCUT2D eigenvalue weighted by atomic mass is 32.2. The van der Waals surface area contributed by atoms with Crippen LogP contribution in [0, 0.1) is 0 Å². The Morgan fingerprint density at radius 2 is 2.17 bits per heavy atom. The van der Waals surface area contributed by atoms with Gasteiger partial charge in [-0.05, 0) is 13.0 Å². The van der Waals surface area contributed by atoms with Gasteiger partial charge in [0.2, 0.25) is 0 Å². The van der Waals surface area contributed by atoms with Crippen molar-refractivity contribution < 1.29 is 0 Å². The number of hydrogen-bond donors (Lipinski definition) is 2. The van der Waals surface area contributed by atoms with Crippen molar-refractivity contribution in [2.45, 2.75) is 6.92 Å². The van der Waals surface area contributed by atoms with Crippen LogP contribution in [0.1, 0.15) is 6.92 Å². The van der Waals surface area contributed by atoms with E-state index in [4.69, 9.17) is 0 Å². The summed E-state index contributed by atoms with van der Waals surface area (Å²) >= 11 is 1.56. The van der Waals surface area contributed by atoms with Gasteiger partial charge in [-0.1, -0.05) is 24.4 Å². The summed E-state index contributed by atoms with van der Waals surface area (Å²) in [6, 6.07) is 0. The summed E-state index contributed by atoms with van der Waals surface area (Å²) in [5.74, 6) is 0. The van der Waals surface area contributed by atoms with Crippen LogP contribution < -0.4 is 10.7 Å². The Morgan fingerprint density at radius 3 is 2.58 bits per heavy atom. The maximum Gasteiger partial charge on any atom is 0.0961 e. The van der Waals surface area contributed by atoms with Gasteiger partial charge < -0.3 is 10.7 Å². The molecule has 0 aromatic heterocycles. The summed E-state index contributed by atoms with van der Waals surface area (Å²) in [6.07, 6.45) is 3.64. The van der Waals surface area contributed by atoms with E-state index in [1.54, 1.807) is 24.9 Å². The molecule has 0 heterocycles. The Kier molecular flexibility index (Phi) is 6.28. The fourth-order valence-electron chi connectivity index (χ4n) is 0.615. The number of allylic oxidation sites excluding steroid dienone is 2. The maximum atomic E-state index is 4.01. The van der Waals surface area contributed by atoms with E-state index in [0.29, 0.717) is 0 Å². The van der Waals surface area contributed by atoms with Crippen molar-refractivity contribution in [1.29, 1.82) is 0 Å². The lowest BCUT2D eigenvalue weighted by molar-refractivity contribution is 0.904. The van der Waals surface area contributed by atoms with Gasteiger partial charge >= 0.3 is 0 Å². The first-order chi connectivity index (χ1) is 5.74. The average molecular weight is 185 g/mol. The van der Waals surface area contributed by atoms with Crippen molar-refractivity contribution in [2.24, 2.45) is 5.10 Å². The number of nitrogens with one attached hydrogen (secondary N) is 2. The van der Waals surface area contributed by atoms with Gasteiger partial charge in [-0.3, -0.25) is 0 Å². The second-order valence-electron chi connectivity index (χ2n) is 1.97. The number of hydrogen-bond acceptors (Lipinski definition) is 4. The molecule has 0 aromatic carbocycles. The third kappa shape index (κ3) is 4.85. The fourth-order valence-corrected chi connectivity index (χ4v) is 1.34. The van der Waals surface area contributed by atoms with E-state index in [9.17, 15) is 0 Å². The van der Waals surface area contributed by atoms with Gasteiger partial charge in [0.1, 0.15) is 0 Å². The molecule has 0 fully saturated rings. The van der Waals surface area contributed by atoms with E-state index in [0.717, 1.165) is 10.1 Å². The first-order valence-electron chi connectivity index (χ1n) is 3.64. The average Bonchev–Trinajstić information content (AvgIpc) is 2.04.